The van der Waals surface area contributed by atoms with Gasteiger partial charge in [-0.3, -0.25) is 9.59 Å². The van der Waals surface area contributed by atoms with Crippen molar-refractivity contribution in [2.45, 2.75) is 39.0 Å². The summed E-state index contributed by atoms with van der Waals surface area (Å²) in [7, 11) is 1.70. The van der Waals surface area contributed by atoms with E-state index in [9.17, 15) is 9.59 Å². The molecule has 4 heteroatoms. The highest BCUT2D eigenvalue weighted by atomic mass is 16.4. The molecule has 1 saturated carbocycles. The van der Waals surface area contributed by atoms with Crippen molar-refractivity contribution in [2.75, 3.05) is 13.6 Å². The lowest BCUT2D eigenvalue weighted by Gasteiger charge is -2.28. The van der Waals surface area contributed by atoms with Crippen molar-refractivity contribution in [3.05, 3.63) is 0 Å². The second-order valence-electron chi connectivity index (χ2n) is 4.86. The van der Waals surface area contributed by atoms with Gasteiger partial charge in [0.15, 0.2) is 0 Å². The van der Waals surface area contributed by atoms with Crippen LogP contribution in [0.2, 0.25) is 0 Å². The van der Waals surface area contributed by atoms with E-state index < -0.39 is 5.97 Å². The molecule has 0 aliphatic heterocycles. The Balaban J connectivity index is 2.35. The average Bonchev–Trinajstić information content (AvgIpc) is 2.26. The molecule has 0 bridgehead atoms. The first-order valence-corrected chi connectivity index (χ1v) is 5.97. The summed E-state index contributed by atoms with van der Waals surface area (Å²) in [5, 5.41) is 8.55. The van der Waals surface area contributed by atoms with Crippen molar-refractivity contribution >= 4 is 11.9 Å². The zero-order valence-electron chi connectivity index (χ0n) is 10.1. The fourth-order valence-corrected chi connectivity index (χ4v) is 2.19. The second-order valence-corrected chi connectivity index (χ2v) is 4.86. The second kappa shape index (κ2) is 5.87. The maximum Gasteiger partial charge on any atom is 0.305 e. The lowest BCUT2D eigenvalue weighted by Crippen LogP contribution is -2.36. The molecule has 92 valence electrons. The number of carbonyl (C=O) groups excluding carboxylic acids is 1. The maximum absolute atomic E-state index is 12.0. The normalized spacial score (nSPS) is 25.1. The number of rotatable bonds is 4. The van der Waals surface area contributed by atoms with E-state index in [1.54, 1.807) is 11.9 Å². The molecule has 1 N–H and O–H groups in total. The fourth-order valence-electron chi connectivity index (χ4n) is 2.19. The van der Waals surface area contributed by atoms with Gasteiger partial charge in [0.25, 0.3) is 0 Å². The van der Waals surface area contributed by atoms with Gasteiger partial charge in [-0.1, -0.05) is 6.92 Å². The number of aliphatic carboxylic acids is 1. The Labute approximate surface area is 96.6 Å². The van der Waals surface area contributed by atoms with Crippen molar-refractivity contribution < 1.29 is 14.7 Å². The zero-order valence-corrected chi connectivity index (χ0v) is 10.1. The molecule has 1 aliphatic carbocycles. The molecule has 1 amide bonds. The SMILES string of the molecule is CC1CCC(C(=O)N(C)CCC(=O)O)CC1. The van der Waals surface area contributed by atoms with E-state index in [1.807, 2.05) is 0 Å². The third-order valence-corrected chi connectivity index (χ3v) is 3.40. The molecule has 0 saturated heterocycles. The third kappa shape index (κ3) is 3.83. The van der Waals surface area contributed by atoms with Crippen LogP contribution in [0.25, 0.3) is 0 Å². The highest BCUT2D eigenvalue weighted by Crippen LogP contribution is 2.29. The van der Waals surface area contributed by atoms with Gasteiger partial charge >= 0.3 is 5.97 Å². The van der Waals surface area contributed by atoms with Crippen LogP contribution >= 0.6 is 0 Å². The van der Waals surface area contributed by atoms with Crippen molar-refractivity contribution in [1.82, 2.24) is 4.90 Å². The molecule has 0 aromatic carbocycles. The Bertz CT molecular complexity index is 257. The topological polar surface area (TPSA) is 57.6 Å². The summed E-state index contributed by atoms with van der Waals surface area (Å²) in [5.74, 6) is 0.119. The summed E-state index contributed by atoms with van der Waals surface area (Å²) in [6, 6.07) is 0. The minimum absolute atomic E-state index is 0.0331. The summed E-state index contributed by atoms with van der Waals surface area (Å²) < 4.78 is 0. The number of nitrogens with zero attached hydrogens (tertiary/aromatic N) is 1. The lowest BCUT2D eigenvalue weighted by molar-refractivity contribution is -0.139. The van der Waals surface area contributed by atoms with Crippen LogP contribution in [-0.2, 0) is 9.59 Å². The van der Waals surface area contributed by atoms with E-state index in [1.165, 1.54) is 0 Å². The Morgan fingerprint density at radius 2 is 1.81 bits per heavy atom. The number of carbonyl (C=O) groups is 2. The molecule has 0 unspecified atom stereocenters. The van der Waals surface area contributed by atoms with Crippen LogP contribution in [-0.4, -0.2) is 35.5 Å². The third-order valence-electron chi connectivity index (χ3n) is 3.40. The largest absolute Gasteiger partial charge is 0.481 e. The maximum atomic E-state index is 12.0. The van der Waals surface area contributed by atoms with Gasteiger partial charge in [0.1, 0.15) is 0 Å². The first-order valence-electron chi connectivity index (χ1n) is 5.97. The molecule has 0 aromatic heterocycles. The van der Waals surface area contributed by atoms with E-state index in [0.29, 0.717) is 6.54 Å². The molecule has 1 fully saturated rings. The van der Waals surface area contributed by atoms with Crippen LogP contribution in [0.1, 0.15) is 39.0 Å². The molecule has 16 heavy (non-hydrogen) atoms. The Morgan fingerprint density at radius 1 is 1.25 bits per heavy atom. The van der Waals surface area contributed by atoms with Crippen LogP contribution in [0, 0.1) is 11.8 Å². The monoisotopic (exact) mass is 227 g/mol. The van der Waals surface area contributed by atoms with Crippen LogP contribution < -0.4 is 0 Å². The lowest BCUT2D eigenvalue weighted by atomic mass is 9.82. The van der Waals surface area contributed by atoms with E-state index in [0.717, 1.165) is 31.6 Å². The van der Waals surface area contributed by atoms with Crippen LogP contribution in [0.4, 0.5) is 0 Å². The molecule has 0 heterocycles. The van der Waals surface area contributed by atoms with Gasteiger partial charge in [-0.05, 0) is 31.6 Å². The van der Waals surface area contributed by atoms with Gasteiger partial charge in [0.2, 0.25) is 5.91 Å². The zero-order chi connectivity index (χ0) is 12.1. The Kier molecular flexibility index (Phi) is 4.77. The molecule has 4 nitrogen and oxygen atoms in total. The fraction of sp³-hybridized carbons (Fsp3) is 0.833. The van der Waals surface area contributed by atoms with E-state index >= 15 is 0 Å². The van der Waals surface area contributed by atoms with Crippen molar-refractivity contribution in [2.24, 2.45) is 11.8 Å². The van der Waals surface area contributed by atoms with Crippen molar-refractivity contribution in [3.63, 3.8) is 0 Å². The molecular weight excluding hydrogens is 206 g/mol. The van der Waals surface area contributed by atoms with Gasteiger partial charge in [0.05, 0.1) is 6.42 Å². The van der Waals surface area contributed by atoms with Gasteiger partial charge in [-0.25, -0.2) is 0 Å². The van der Waals surface area contributed by atoms with Crippen LogP contribution in [0.15, 0.2) is 0 Å². The predicted molar refractivity (Wildman–Crippen MR) is 61.0 cm³/mol. The van der Waals surface area contributed by atoms with Gasteiger partial charge in [-0.15, -0.1) is 0 Å². The summed E-state index contributed by atoms with van der Waals surface area (Å²) in [4.78, 5) is 23.9. The predicted octanol–water partition coefficient (Wildman–Crippen LogP) is 1.75. The summed E-state index contributed by atoms with van der Waals surface area (Å²) in [5.41, 5.74) is 0. The Hall–Kier alpha value is -1.06. The number of amides is 1. The number of hydrogen-bond donors (Lipinski definition) is 1. The summed E-state index contributed by atoms with van der Waals surface area (Å²) in [6.45, 7) is 2.54. The van der Waals surface area contributed by atoms with E-state index in [4.69, 9.17) is 5.11 Å². The Morgan fingerprint density at radius 3 is 2.31 bits per heavy atom. The molecule has 0 spiro atoms. The minimum atomic E-state index is -0.850. The van der Waals surface area contributed by atoms with Crippen LogP contribution in [0.5, 0.6) is 0 Å². The van der Waals surface area contributed by atoms with E-state index in [-0.39, 0.29) is 18.2 Å². The molecular formula is C12H21NO3. The minimum Gasteiger partial charge on any atom is -0.481 e. The number of hydrogen-bond acceptors (Lipinski definition) is 2. The quantitative estimate of drug-likeness (QED) is 0.796. The highest BCUT2D eigenvalue weighted by molar-refractivity contribution is 5.79. The molecule has 0 atom stereocenters. The summed E-state index contributed by atoms with van der Waals surface area (Å²) in [6.07, 6.45) is 4.17. The first kappa shape index (κ1) is 13.0. The standard InChI is InChI=1S/C12H21NO3/c1-9-3-5-10(6-4-9)12(16)13(2)8-7-11(14)15/h9-10H,3-8H2,1-2H3,(H,14,15). The summed E-state index contributed by atoms with van der Waals surface area (Å²) >= 11 is 0. The molecule has 1 rings (SSSR count). The number of carboxylic acid groups (broad SMARTS) is 1. The van der Waals surface area contributed by atoms with E-state index in [2.05, 4.69) is 6.92 Å². The average molecular weight is 227 g/mol. The van der Waals surface area contributed by atoms with Gasteiger partial charge in [-0.2, -0.15) is 0 Å². The molecule has 1 aliphatic rings. The van der Waals surface area contributed by atoms with Gasteiger partial charge in [0, 0.05) is 19.5 Å². The van der Waals surface area contributed by atoms with Crippen molar-refractivity contribution in [1.29, 1.82) is 0 Å². The highest BCUT2D eigenvalue weighted by Gasteiger charge is 2.26. The first-order chi connectivity index (χ1) is 7.50. The molecule has 0 radical (unpaired) electrons. The smallest absolute Gasteiger partial charge is 0.305 e. The van der Waals surface area contributed by atoms with Gasteiger partial charge < -0.3 is 10.0 Å². The number of carboxylic acids is 1. The van der Waals surface area contributed by atoms with Crippen LogP contribution in [0.3, 0.4) is 0 Å². The molecule has 0 aromatic rings. The van der Waals surface area contributed by atoms with Crippen molar-refractivity contribution in [3.8, 4) is 0 Å².